The summed E-state index contributed by atoms with van der Waals surface area (Å²) >= 11 is 0. The van der Waals surface area contributed by atoms with Gasteiger partial charge >= 0.3 is 12.1 Å². The first-order valence-corrected chi connectivity index (χ1v) is 12.7. The minimum atomic E-state index is -1.42. The van der Waals surface area contributed by atoms with Gasteiger partial charge in [0, 0.05) is 12.1 Å². The number of phenols is 1. The molecule has 1 rings (SSSR count). The third-order valence-electron chi connectivity index (χ3n) is 5.73. The van der Waals surface area contributed by atoms with Gasteiger partial charge in [-0.3, -0.25) is 14.4 Å². The molecule has 3 unspecified atom stereocenters. The molecule has 0 bridgehead atoms. The van der Waals surface area contributed by atoms with Gasteiger partial charge < -0.3 is 30.1 Å². The number of aromatic hydroxyl groups is 1. The summed E-state index contributed by atoms with van der Waals surface area (Å²) in [4.78, 5) is 52.7. The molecular formula is C27H40N4O7. The molecule has 1 aromatic carbocycles. The Bertz CT molecular complexity index is 1030. The monoisotopic (exact) mass is 532 g/mol. The van der Waals surface area contributed by atoms with E-state index in [4.69, 9.17) is 9.47 Å². The molecular weight excluding hydrogens is 492 g/mol. The molecule has 0 aliphatic carbocycles. The van der Waals surface area contributed by atoms with E-state index in [1.807, 2.05) is 13.0 Å². The van der Waals surface area contributed by atoms with E-state index >= 15 is 0 Å². The largest absolute Gasteiger partial charge is 0.507 e. The number of hydrogen-bond acceptors (Lipinski definition) is 8. The Hall–Kier alpha value is -3.81. The maximum absolute atomic E-state index is 13.9. The zero-order chi connectivity index (χ0) is 29.0. The Labute approximate surface area is 224 Å². The van der Waals surface area contributed by atoms with Crippen molar-refractivity contribution in [2.24, 2.45) is 5.92 Å². The molecule has 0 saturated carbocycles. The first-order valence-electron chi connectivity index (χ1n) is 12.7. The molecule has 3 N–H and O–H groups in total. The molecule has 3 amide bonds. The second-order valence-corrected chi connectivity index (χ2v) is 9.90. The van der Waals surface area contributed by atoms with Crippen LogP contribution in [0.25, 0.3) is 0 Å². The van der Waals surface area contributed by atoms with Crippen molar-refractivity contribution in [3.63, 3.8) is 0 Å². The minimum Gasteiger partial charge on any atom is -0.507 e. The number of para-hydroxylation sites is 1. The molecule has 0 saturated heterocycles. The molecule has 38 heavy (non-hydrogen) atoms. The quantitative estimate of drug-likeness (QED) is 0.274. The Morgan fingerprint density at radius 3 is 2.39 bits per heavy atom. The number of amides is 3. The number of rotatable bonds is 12. The summed E-state index contributed by atoms with van der Waals surface area (Å²) in [5.74, 6) is -2.51. The van der Waals surface area contributed by atoms with Gasteiger partial charge in [0.1, 0.15) is 30.0 Å². The van der Waals surface area contributed by atoms with Crippen LogP contribution in [0.4, 0.5) is 4.79 Å². The van der Waals surface area contributed by atoms with Crippen molar-refractivity contribution >= 4 is 23.9 Å². The van der Waals surface area contributed by atoms with Crippen molar-refractivity contribution in [3.05, 3.63) is 29.3 Å². The van der Waals surface area contributed by atoms with Gasteiger partial charge in [-0.15, -0.1) is 0 Å². The summed E-state index contributed by atoms with van der Waals surface area (Å²) in [6, 6.07) is 4.10. The molecule has 0 spiro atoms. The van der Waals surface area contributed by atoms with E-state index in [0.29, 0.717) is 12.0 Å². The van der Waals surface area contributed by atoms with Crippen LogP contribution in [0.1, 0.15) is 71.6 Å². The highest BCUT2D eigenvalue weighted by molar-refractivity contribution is 5.93. The summed E-state index contributed by atoms with van der Waals surface area (Å²) in [6.07, 6.45) is -0.422. The van der Waals surface area contributed by atoms with Gasteiger partial charge in [0.15, 0.2) is 0 Å². The Balaban J connectivity index is 3.47. The number of benzene rings is 1. The predicted octanol–water partition coefficient (Wildman–Crippen LogP) is 3.10. The average Bonchev–Trinajstić information content (AvgIpc) is 2.83. The first kappa shape index (κ1) is 32.2. The average molecular weight is 533 g/mol. The molecule has 0 fully saturated rings. The van der Waals surface area contributed by atoms with Gasteiger partial charge in [-0.05, 0) is 46.1 Å². The van der Waals surface area contributed by atoms with E-state index in [2.05, 4.69) is 10.6 Å². The molecule has 11 nitrogen and oxygen atoms in total. The maximum atomic E-state index is 13.9. The van der Waals surface area contributed by atoms with E-state index in [-0.39, 0.29) is 36.8 Å². The van der Waals surface area contributed by atoms with Crippen LogP contribution in [0.3, 0.4) is 0 Å². The summed E-state index contributed by atoms with van der Waals surface area (Å²) < 4.78 is 10.2. The molecule has 0 aliphatic heterocycles. The molecule has 0 aliphatic rings. The number of aryl methyl sites for hydroxylation is 1. The number of hydrogen-bond donors (Lipinski definition) is 3. The van der Waals surface area contributed by atoms with Gasteiger partial charge in [-0.2, -0.15) is 5.26 Å². The van der Waals surface area contributed by atoms with Crippen LogP contribution in [0.15, 0.2) is 18.2 Å². The minimum absolute atomic E-state index is 0.0831. The number of carbonyl (C=O) groups excluding carboxylic acids is 4. The number of alkyl carbamates (subject to hydrolysis) is 1. The van der Waals surface area contributed by atoms with Crippen molar-refractivity contribution < 1.29 is 33.8 Å². The van der Waals surface area contributed by atoms with Crippen molar-refractivity contribution in [1.29, 1.82) is 5.26 Å². The molecule has 11 heteroatoms. The first-order chi connectivity index (χ1) is 17.8. The van der Waals surface area contributed by atoms with Crippen LogP contribution in [0.2, 0.25) is 0 Å². The molecule has 0 radical (unpaired) electrons. The van der Waals surface area contributed by atoms with Gasteiger partial charge in [-0.1, -0.05) is 38.5 Å². The topological polar surface area (TPSA) is 158 Å². The lowest BCUT2D eigenvalue weighted by Gasteiger charge is -2.35. The van der Waals surface area contributed by atoms with E-state index in [9.17, 15) is 29.5 Å². The lowest BCUT2D eigenvalue weighted by atomic mass is 9.95. The van der Waals surface area contributed by atoms with Crippen LogP contribution in [-0.2, 0) is 23.9 Å². The lowest BCUT2D eigenvalue weighted by molar-refractivity contribution is -0.144. The Morgan fingerprint density at radius 2 is 1.84 bits per heavy atom. The third-order valence-corrected chi connectivity index (χ3v) is 5.73. The zero-order valence-electron chi connectivity index (χ0n) is 23.3. The lowest BCUT2D eigenvalue weighted by Crippen LogP contribution is -2.55. The fourth-order valence-corrected chi connectivity index (χ4v) is 3.64. The van der Waals surface area contributed by atoms with Crippen LogP contribution >= 0.6 is 0 Å². The summed E-state index contributed by atoms with van der Waals surface area (Å²) in [7, 11) is 0. The SMILES string of the molecule is CCOC(=O)CCNC(=O)C(c1cccc(C)c1O)N(CC#N)C(=O)C(NC(=O)OC(C)(C)C)C(C)CC. The van der Waals surface area contributed by atoms with E-state index in [1.54, 1.807) is 53.7 Å². The highest BCUT2D eigenvalue weighted by Gasteiger charge is 2.39. The summed E-state index contributed by atoms with van der Waals surface area (Å²) in [5, 5.41) is 25.6. The van der Waals surface area contributed by atoms with Gasteiger partial charge in [-0.25, -0.2) is 4.79 Å². The van der Waals surface area contributed by atoms with Crippen molar-refractivity contribution in [2.45, 2.75) is 79.0 Å². The van der Waals surface area contributed by atoms with E-state index < -0.39 is 48.1 Å². The van der Waals surface area contributed by atoms with E-state index in [0.717, 1.165) is 4.90 Å². The fraction of sp³-hybridized carbons (Fsp3) is 0.593. The van der Waals surface area contributed by atoms with Crippen molar-refractivity contribution in [3.8, 4) is 11.8 Å². The fourth-order valence-electron chi connectivity index (χ4n) is 3.64. The number of ether oxygens (including phenoxy) is 2. The van der Waals surface area contributed by atoms with Crippen molar-refractivity contribution in [1.82, 2.24) is 15.5 Å². The van der Waals surface area contributed by atoms with Crippen LogP contribution in [0, 0.1) is 24.2 Å². The van der Waals surface area contributed by atoms with Crippen LogP contribution in [0.5, 0.6) is 5.75 Å². The highest BCUT2D eigenvalue weighted by atomic mass is 16.6. The zero-order valence-corrected chi connectivity index (χ0v) is 23.3. The number of nitriles is 1. The standard InChI is InChI=1S/C27H40N4O7/c1-8-17(3)21(30-26(36)38-27(5,6)7)25(35)31(16-14-28)22(19-12-10-11-18(4)23(19)33)24(34)29-15-13-20(32)37-9-2/h10-12,17,21-22,33H,8-9,13,15-16H2,1-7H3,(H,29,34)(H,30,36). The van der Waals surface area contributed by atoms with Crippen molar-refractivity contribution in [2.75, 3.05) is 19.7 Å². The number of esters is 1. The van der Waals surface area contributed by atoms with E-state index in [1.165, 1.54) is 6.07 Å². The normalized spacial score (nSPS) is 13.3. The smallest absolute Gasteiger partial charge is 0.408 e. The number of nitrogens with zero attached hydrogens (tertiary/aromatic N) is 2. The number of nitrogens with one attached hydrogen (secondary N) is 2. The van der Waals surface area contributed by atoms with Gasteiger partial charge in [0.05, 0.1) is 19.1 Å². The second kappa shape index (κ2) is 14.8. The Kier molecular flexibility index (Phi) is 12.6. The van der Waals surface area contributed by atoms with Gasteiger partial charge in [0.2, 0.25) is 11.8 Å². The summed E-state index contributed by atoms with van der Waals surface area (Å²) in [6.45, 7) is 11.5. The Morgan fingerprint density at radius 1 is 1.18 bits per heavy atom. The number of carbonyl (C=O) groups is 4. The van der Waals surface area contributed by atoms with Gasteiger partial charge in [0.25, 0.3) is 0 Å². The molecule has 0 heterocycles. The number of phenolic OH excluding ortho intramolecular Hbond substituents is 1. The van der Waals surface area contributed by atoms with Crippen LogP contribution in [-0.4, -0.2) is 65.2 Å². The molecule has 3 atom stereocenters. The third kappa shape index (κ3) is 9.57. The maximum Gasteiger partial charge on any atom is 0.408 e. The van der Waals surface area contributed by atoms with Crippen LogP contribution < -0.4 is 10.6 Å². The molecule has 210 valence electrons. The predicted molar refractivity (Wildman–Crippen MR) is 140 cm³/mol. The molecule has 1 aromatic rings. The second-order valence-electron chi connectivity index (χ2n) is 9.90. The highest BCUT2D eigenvalue weighted by Crippen LogP contribution is 2.32. The summed E-state index contributed by atoms with van der Waals surface area (Å²) in [5.41, 5.74) is -0.252. The molecule has 0 aromatic heterocycles.